The Morgan fingerprint density at radius 1 is 1.78 bits per heavy atom. The summed E-state index contributed by atoms with van der Waals surface area (Å²) in [6.07, 6.45) is 3.08. The van der Waals surface area contributed by atoms with E-state index in [1.165, 1.54) is 11.0 Å². The third-order valence-corrected chi connectivity index (χ3v) is 1.25. The van der Waals surface area contributed by atoms with E-state index in [1.54, 1.807) is 13.1 Å². The Hall–Kier alpha value is -0.990. The molecular weight excluding hydrogens is 119 g/mol. The summed E-state index contributed by atoms with van der Waals surface area (Å²) in [5.74, 6) is -0.269. The van der Waals surface area contributed by atoms with Gasteiger partial charge < -0.3 is 10.6 Å². The molecule has 1 heterocycles. The average Bonchev–Trinajstić information content (AvgIpc) is 1.80. The molecule has 0 aromatic carbocycles. The van der Waals surface area contributed by atoms with Crippen molar-refractivity contribution in [3.8, 4) is 0 Å². The number of likely N-dealkylation sites (N-methyl/N-ethyl adjacent to an activating group) is 1. The maximum absolute atomic E-state index is 12.5. The highest BCUT2D eigenvalue weighted by atomic mass is 19.1. The quantitative estimate of drug-likeness (QED) is 0.484. The highest BCUT2D eigenvalue weighted by Gasteiger charge is 2.05. The van der Waals surface area contributed by atoms with E-state index in [0.29, 0.717) is 12.2 Å². The van der Waals surface area contributed by atoms with E-state index in [9.17, 15) is 4.39 Å². The lowest BCUT2D eigenvalue weighted by Gasteiger charge is -2.17. The van der Waals surface area contributed by atoms with Gasteiger partial charge in [0.1, 0.15) is 0 Å². The number of halogens is 1. The van der Waals surface area contributed by atoms with E-state index in [1.807, 2.05) is 0 Å². The Kier molecular flexibility index (Phi) is 1.42. The zero-order valence-corrected chi connectivity index (χ0v) is 5.26. The van der Waals surface area contributed by atoms with Crippen LogP contribution in [0.3, 0.4) is 0 Å². The molecule has 0 fully saturated rings. The molecule has 0 saturated carbocycles. The number of hydrogen-bond donors (Lipinski definition) is 1. The normalized spacial score (nSPS) is 19.1. The number of rotatable bonds is 0. The second-order valence-corrected chi connectivity index (χ2v) is 2.05. The summed E-state index contributed by atoms with van der Waals surface area (Å²) >= 11 is 0. The molecule has 3 heteroatoms. The van der Waals surface area contributed by atoms with Crippen molar-refractivity contribution in [3.63, 3.8) is 0 Å². The molecule has 9 heavy (non-hydrogen) atoms. The van der Waals surface area contributed by atoms with Gasteiger partial charge in [0.15, 0.2) is 5.95 Å². The molecule has 2 nitrogen and oxygen atoms in total. The van der Waals surface area contributed by atoms with Crippen molar-refractivity contribution in [1.82, 2.24) is 4.90 Å². The van der Waals surface area contributed by atoms with E-state index >= 15 is 0 Å². The molecule has 1 aliphatic rings. The molecule has 0 amide bonds. The fourth-order valence-electron chi connectivity index (χ4n) is 0.636. The van der Waals surface area contributed by atoms with Crippen LogP contribution in [-0.2, 0) is 0 Å². The molecular formula is C6H9FN2. The molecule has 0 aliphatic carbocycles. The van der Waals surface area contributed by atoms with Crippen LogP contribution in [0.4, 0.5) is 4.39 Å². The highest BCUT2D eigenvalue weighted by Crippen LogP contribution is 2.09. The molecule has 50 valence electrons. The summed E-state index contributed by atoms with van der Waals surface area (Å²) in [6.45, 7) is 0.564. The summed E-state index contributed by atoms with van der Waals surface area (Å²) < 4.78 is 12.5. The van der Waals surface area contributed by atoms with E-state index in [-0.39, 0.29) is 5.95 Å². The van der Waals surface area contributed by atoms with Crippen LogP contribution in [0.25, 0.3) is 0 Å². The molecule has 1 rings (SSSR count). The minimum absolute atomic E-state index is 0.269. The maximum atomic E-state index is 12.5. The molecule has 0 spiro atoms. The topological polar surface area (TPSA) is 29.3 Å². The molecule has 0 atom stereocenters. The molecule has 0 bridgehead atoms. The Morgan fingerprint density at radius 3 is 2.89 bits per heavy atom. The smallest absolute Gasteiger partial charge is 0.191 e. The molecule has 0 aromatic rings. The van der Waals surface area contributed by atoms with Gasteiger partial charge in [-0.1, -0.05) is 0 Å². The zero-order valence-electron chi connectivity index (χ0n) is 5.26. The lowest BCUT2D eigenvalue weighted by Crippen LogP contribution is -2.20. The van der Waals surface area contributed by atoms with Gasteiger partial charge in [-0.3, -0.25) is 0 Å². The zero-order chi connectivity index (χ0) is 6.85. The summed E-state index contributed by atoms with van der Waals surface area (Å²) in [5, 5.41) is 0. The first kappa shape index (κ1) is 6.13. The monoisotopic (exact) mass is 128 g/mol. The second-order valence-electron chi connectivity index (χ2n) is 2.05. The molecule has 0 radical (unpaired) electrons. The Bertz CT molecular complexity index is 172. The van der Waals surface area contributed by atoms with Crippen LogP contribution in [0.15, 0.2) is 23.8 Å². The number of nitrogens with two attached hydrogens (primary N) is 1. The van der Waals surface area contributed by atoms with Crippen LogP contribution in [-0.4, -0.2) is 18.5 Å². The minimum Gasteiger partial charge on any atom is -0.399 e. The minimum atomic E-state index is -0.269. The van der Waals surface area contributed by atoms with Gasteiger partial charge in [-0.2, -0.15) is 4.39 Å². The number of nitrogens with zero attached hydrogens (tertiary/aromatic N) is 1. The van der Waals surface area contributed by atoms with Gasteiger partial charge in [0.05, 0.1) is 0 Å². The fraction of sp³-hybridized carbons (Fsp3) is 0.333. The molecule has 1 aliphatic heterocycles. The predicted molar refractivity (Wildman–Crippen MR) is 34.1 cm³/mol. The van der Waals surface area contributed by atoms with Gasteiger partial charge in [-0.25, -0.2) is 0 Å². The summed E-state index contributed by atoms with van der Waals surface area (Å²) in [4.78, 5) is 1.48. The van der Waals surface area contributed by atoms with Crippen LogP contribution in [0.5, 0.6) is 0 Å². The van der Waals surface area contributed by atoms with E-state index in [0.717, 1.165) is 0 Å². The summed E-state index contributed by atoms with van der Waals surface area (Å²) in [6, 6.07) is 0. The Morgan fingerprint density at radius 2 is 2.44 bits per heavy atom. The van der Waals surface area contributed by atoms with Crippen molar-refractivity contribution in [2.24, 2.45) is 5.73 Å². The van der Waals surface area contributed by atoms with Gasteiger partial charge in [0, 0.05) is 25.4 Å². The Balaban J connectivity index is 2.74. The van der Waals surface area contributed by atoms with Crippen LogP contribution in [0, 0.1) is 0 Å². The lowest BCUT2D eigenvalue weighted by atomic mass is 10.3. The lowest BCUT2D eigenvalue weighted by molar-refractivity contribution is 0.340. The largest absolute Gasteiger partial charge is 0.399 e. The van der Waals surface area contributed by atoms with Crippen LogP contribution in [0.2, 0.25) is 0 Å². The fourth-order valence-corrected chi connectivity index (χ4v) is 0.636. The van der Waals surface area contributed by atoms with Gasteiger partial charge in [0.2, 0.25) is 0 Å². The number of hydrogen-bond acceptors (Lipinski definition) is 2. The third kappa shape index (κ3) is 1.22. The van der Waals surface area contributed by atoms with Crippen molar-refractivity contribution in [2.75, 3.05) is 13.6 Å². The second kappa shape index (κ2) is 2.09. The van der Waals surface area contributed by atoms with Gasteiger partial charge in [-0.15, -0.1) is 0 Å². The standard InChI is InChI=1S/C6H9FN2/c1-9-3-2-5(8)4-6(9)7/h2,4H,3,8H2,1H3. The van der Waals surface area contributed by atoms with Crippen LogP contribution < -0.4 is 5.73 Å². The SMILES string of the molecule is CN1CC=C(N)C=C1F. The van der Waals surface area contributed by atoms with Crippen molar-refractivity contribution >= 4 is 0 Å². The Labute approximate surface area is 53.4 Å². The third-order valence-electron chi connectivity index (χ3n) is 1.25. The van der Waals surface area contributed by atoms with E-state index < -0.39 is 0 Å². The van der Waals surface area contributed by atoms with Gasteiger partial charge >= 0.3 is 0 Å². The molecule has 0 saturated heterocycles. The van der Waals surface area contributed by atoms with Crippen molar-refractivity contribution in [3.05, 3.63) is 23.8 Å². The average molecular weight is 128 g/mol. The molecule has 2 N–H and O–H groups in total. The van der Waals surface area contributed by atoms with E-state index in [4.69, 9.17) is 5.73 Å². The van der Waals surface area contributed by atoms with Crippen LogP contribution >= 0.6 is 0 Å². The summed E-state index contributed by atoms with van der Waals surface area (Å²) in [7, 11) is 1.68. The van der Waals surface area contributed by atoms with E-state index in [2.05, 4.69) is 0 Å². The van der Waals surface area contributed by atoms with Crippen molar-refractivity contribution < 1.29 is 4.39 Å². The van der Waals surface area contributed by atoms with Crippen molar-refractivity contribution in [1.29, 1.82) is 0 Å². The van der Waals surface area contributed by atoms with Crippen molar-refractivity contribution in [2.45, 2.75) is 0 Å². The molecule has 0 aromatic heterocycles. The summed E-state index contributed by atoms with van der Waals surface area (Å²) in [5.41, 5.74) is 5.81. The highest BCUT2D eigenvalue weighted by molar-refractivity contribution is 5.21. The first-order valence-electron chi connectivity index (χ1n) is 2.74. The first-order valence-corrected chi connectivity index (χ1v) is 2.74. The van der Waals surface area contributed by atoms with Gasteiger partial charge in [0.25, 0.3) is 0 Å². The van der Waals surface area contributed by atoms with Gasteiger partial charge in [-0.05, 0) is 6.08 Å². The maximum Gasteiger partial charge on any atom is 0.191 e. The predicted octanol–water partition coefficient (Wildman–Crippen LogP) is 0.585. The number of allylic oxidation sites excluding steroid dienone is 1. The van der Waals surface area contributed by atoms with Crippen LogP contribution in [0.1, 0.15) is 0 Å². The molecule has 0 unspecified atom stereocenters. The first-order chi connectivity index (χ1) is 4.20.